The number of furan rings is 1. The Morgan fingerprint density at radius 2 is 2.31 bits per heavy atom. The summed E-state index contributed by atoms with van der Waals surface area (Å²) < 4.78 is 9.78. The first-order chi connectivity index (χ1) is 7.79. The minimum Gasteiger partial charge on any atom is -0.469 e. The van der Waals surface area contributed by atoms with Gasteiger partial charge in [-0.15, -0.1) is 0 Å². The molecule has 1 aromatic carbocycles. The van der Waals surface area contributed by atoms with Crippen molar-refractivity contribution in [2.24, 2.45) is 0 Å². The number of methoxy groups -OCH3 is 1. The van der Waals surface area contributed by atoms with Gasteiger partial charge in [0.15, 0.2) is 0 Å². The van der Waals surface area contributed by atoms with Gasteiger partial charge in [0.2, 0.25) is 0 Å². The van der Waals surface area contributed by atoms with E-state index in [1.165, 1.54) is 7.11 Å². The summed E-state index contributed by atoms with van der Waals surface area (Å²) in [5.74, 6) is -0.236. The molecule has 3 nitrogen and oxygen atoms in total. The quantitative estimate of drug-likeness (QED) is 0.740. The van der Waals surface area contributed by atoms with Crippen molar-refractivity contribution >= 4 is 23.0 Å². The van der Waals surface area contributed by atoms with Gasteiger partial charge in [-0.25, -0.2) is 0 Å². The molecule has 0 atom stereocenters. The van der Waals surface area contributed by atoms with E-state index < -0.39 is 0 Å². The van der Waals surface area contributed by atoms with Crippen LogP contribution in [0.2, 0.25) is 0 Å². The second-order valence-electron chi connectivity index (χ2n) is 3.40. The van der Waals surface area contributed by atoms with Crippen LogP contribution >= 0.6 is 0 Å². The average Bonchev–Trinajstić information content (AvgIpc) is 2.76. The fourth-order valence-corrected chi connectivity index (χ4v) is 1.46. The summed E-state index contributed by atoms with van der Waals surface area (Å²) in [6.45, 7) is 0. The minimum atomic E-state index is -0.236. The van der Waals surface area contributed by atoms with E-state index in [1.54, 1.807) is 12.3 Å². The lowest BCUT2D eigenvalue weighted by atomic mass is 10.1. The van der Waals surface area contributed by atoms with Gasteiger partial charge in [0.25, 0.3) is 0 Å². The summed E-state index contributed by atoms with van der Waals surface area (Å²) in [5, 5.41) is 1.06. The number of fused-ring (bicyclic) bond motifs is 1. The van der Waals surface area contributed by atoms with Crippen molar-refractivity contribution in [3.63, 3.8) is 0 Å². The van der Waals surface area contributed by atoms with Crippen LogP contribution in [0.25, 0.3) is 17.0 Å². The van der Waals surface area contributed by atoms with Gasteiger partial charge in [0, 0.05) is 5.39 Å². The molecule has 0 saturated heterocycles. The normalized spacial score (nSPS) is 11.1. The molecule has 0 radical (unpaired) electrons. The van der Waals surface area contributed by atoms with Crippen molar-refractivity contribution < 1.29 is 13.9 Å². The number of hydrogen-bond acceptors (Lipinski definition) is 3. The fraction of sp³-hybridized carbons (Fsp3) is 0.154. The predicted molar refractivity (Wildman–Crippen MR) is 61.9 cm³/mol. The number of hydrogen-bond donors (Lipinski definition) is 0. The third kappa shape index (κ3) is 2.31. The summed E-state index contributed by atoms with van der Waals surface area (Å²) in [4.78, 5) is 10.9. The van der Waals surface area contributed by atoms with Gasteiger partial charge in [-0.3, -0.25) is 4.79 Å². The molecule has 82 valence electrons. The van der Waals surface area contributed by atoms with Gasteiger partial charge < -0.3 is 9.15 Å². The van der Waals surface area contributed by atoms with Crippen molar-refractivity contribution in [1.29, 1.82) is 0 Å². The summed E-state index contributed by atoms with van der Waals surface area (Å²) in [6.07, 6.45) is 5.63. The van der Waals surface area contributed by atoms with Crippen LogP contribution in [0.4, 0.5) is 0 Å². The smallest absolute Gasteiger partial charge is 0.309 e. The molecular weight excluding hydrogens is 204 g/mol. The fourth-order valence-electron chi connectivity index (χ4n) is 1.46. The van der Waals surface area contributed by atoms with Gasteiger partial charge in [-0.1, -0.05) is 18.2 Å². The number of ether oxygens (including phenoxy) is 1. The van der Waals surface area contributed by atoms with Gasteiger partial charge in [0.05, 0.1) is 19.8 Å². The van der Waals surface area contributed by atoms with E-state index >= 15 is 0 Å². The maximum Gasteiger partial charge on any atom is 0.309 e. The molecule has 0 bridgehead atoms. The Labute approximate surface area is 93.3 Å². The van der Waals surface area contributed by atoms with E-state index in [1.807, 2.05) is 30.3 Å². The van der Waals surface area contributed by atoms with Gasteiger partial charge in [-0.05, 0) is 23.8 Å². The molecule has 0 aliphatic carbocycles. The van der Waals surface area contributed by atoms with E-state index in [-0.39, 0.29) is 5.97 Å². The summed E-state index contributed by atoms with van der Waals surface area (Å²) in [5.41, 5.74) is 1.91. The molecule has 1 heterocycles. The van der Waals surface area contributed by atoms with Gasteiger partial charge in [-0.2, -0.15) is 0 Å². The van der Waals surface area contributed by atoms with Crippen LogP contribution < -0.4 is 0 Å². The Kier molecular flexibility index (Phi) is 3.05. The van der Waals surface area contributed by atoms with E-state index in [2.05, 4.69) is 4.74 Å². The summed E-state index contributed by atoms with van der Waals surface area (Å²) in [6, 6.07) is 7.77. The average molecular weight is 216 g/mol. The highest BCUT2D eigenvalue weighted by atomic mass is 16.5. The molecule has 0 amide bonds. The van der Waals surface area contributed by atoms with Crippen LogP contribution in [0.15, 0.2) is 41.0 Å². The molecule has 2 aromatic rings. The lowest BCUT2D eigenvalue weighted by molar-refractivity contribution is -0.139. The standard InChI is InChI=1S/C13H12O3/c1-15-13(14)4-2-3-10-5-6-12-11(9-10)7-8-16-12/h2-3,5-9H,4H2,1H3. The van der Waals surface area contributed by atoms with Crippen LogP contribution in [-0.2, 0) is 9.53 Å². The lowest BCUT2D eigenvalue weighted by Crippen LogP contribution is -1.96. The zero-order valence-electron chi connectivity index (χ0n) is 8.97. The van der Waals surface area contributed by atoms with Crippen LogP contribution in [0.3, 0.4) is 0 Å². The number of carbonyl (C=O) groups is 1. The van der Waals surface area contributed by atoms with Crippen LogP contribution in [-0.4, -0.2) is 13.1 Å². The SMILES string of the molecule is COC(=O)CC=Cc1ccc2occc2c1. The summed E-state index contributed by atoms with van der Waals surface area (Å²) >= 11 is 0. The van der Waals surface area contributed by atoms with Gasteiger partial charge >= 0.3 is 5.97 Å². The third-order valence-corrected chi connectivity index (χ3v) is 2.30. The first kappa shape index (κ1) is 10.5. The second-order valence-corrected chi connectivity index (χ2v) is 3.40. The first-order valence-corrected chi connectivity index (χ1v) is 5.00. The Morgan fingerprint density at radius 3 is 3.12 bits per heavy atom. The van der Waals surface area contributed by atoms with Crippen molar-refractivity contribution in [3.8, 4) is 0 Å². The topological polar surface area (TPSA) is 39.4 Å². The Bertz CT molecular complexity index is 523. The molecule has 0 N–H and O–H groups in total. The highest BCUT2D eigenvalue weighted by molar-refractivity contribution is 5.80. The van der Waals surface area contributed by atoms with Crippen LogP contribution in [0, 0.1) is 0 Å². The largest absolute Gasteiger partial charge is 0.469 e. The van der Waals surface area contributed by atoms with Gasteiger partial charge in [0.1, 0.15) is 5.58 Å². The molecule has 3 heteroatoms. The van der Waals surface area contributed by atoms with Crippen LogP contribution in [0.1, 0.15) is 12.0 Å². The lowest BCUT2D eigenvalue weighted by Gasteiger charge is -1.94. The zero-order valence-corrected chi connectivity index (χ0v) is 8.97. The molecule has 0 aliphatic rings. The maximum absolute atomic E-state index is 10.9. The molecular formula is C13H12O3. The highest BCUT2D eigenvalue weighted by Gasteiger charge is 1.97. The Balaban J connectivity index is 2.11. The third-order valence-electron chi connectivity index (χ3n) is 2.30. The first-order valence-electron chi connectivity index (χ1n) is 5.00. The molecule has 0 fully saturated rings. The van der Waals surface area contributed by atoms with E-state index in [4.69, 9.17) is 4.42 Å². The monoisotopic (exact) mass is 216 g/mol. The van der Waals surface area contributed by atoms with Crippen molar-refractivity contribution in [1.82, 2.24) is 0 Å². The van der Waals surface area contributed by atoms with Crippen molar-refractivity contribution in [3.05, 3.63) is 42.2 Å². The number of esters is 1. The zero-order chi connectivity index (χ0) is 11.4. The van der Waals surface area contributed by atoms with Crippen molar-refractivity contribution in [2.45, 2.75) is 6.42 Å². The molecule has 0 unspecified atom stereocenters. The van der Waals surface area contributed by atoms with Crippen molar-refractivity contribution in [2.75, 3.05) is 7.11 Å². The van der Waals surface area contributed by atoms with E-state index in [0.29, 0.717) is 6.42 Å². The molecule has 16 heavy (non-hydrogen) atoms. The maximum atomic E-state index is 10.9. The minimum absolute atomic E-state index is 0.236. The number of rotatable bonds is 3. The molecule has 2 rings (SSSR count). The van der Waals surface area contributed by atoms with E-state index in [0.717, 1.165) is 16.5 Å². The molecule has 1 aromatic heterocycles. The molecule has 0 aliphatic heterocycles. The second kappa shape index (κ2) is 4.66. The Hall–Kier alpha value is -2.03. The van der Waals surface area contributed by atoms with Crippen LogP contribution in [0.5, 0.6) is 0 Å². The predicted octanol–water partition coefficient (Wildman–Crippen LogP) is 3.01. The summed E-state index contributed by atoms with van der Waals surface area (Å²) in [7, 11) is 1.38. The highest BCUT2D eigenvalue weighted by Crippen LogP contribution is 2.17. The number of benzene rings is 1. The Morgan fingerprint density at radius 1 is 1.44 bits per heavy atom. The number of carbonyl (C=O) groups excluding carboxylic acids is 1. The molecule has 0 saturated carbocycles. The van der Waals surface area contributed by atoms with E-state index in [9.17, 15) is 4.79 Å². The molecule has 0 spiro atoms.